The number of hydrogen-bond acceptors (Lipinski definition) is 6. The lowest BCUT2D eigenvalue weighted by Gasteiger charge is -2.13. The molecule has 122 valence electrons. The van der Waals surface area contributed by atoms with Gasteiger partial charge in [0.1, 0.15) is 4.88 Å². The average Bonchev–Trinajstić information content (AvgIpc) is 3.31. The van der Waals surface area contributed by atoms with E-state index in [4.69, 9.17) is 4.84 Å². The van der Waals surface area contributed by atoms with Gasteiger partial charge >= 0.3 is 5.97 Å². The standard InChI is InChI=1S/C17H14N2O4S/c20-15-11-7-3-4-8-12(11)16(21)19(15)23-17(22)14-13(18-9-24-14)10-5-1-2-6-10/h3-4,7-10H,1-2,5-6H2. The number of amides is 2. The number of carbonyl (C=O) groups excluding carboxylic acids is 3. The number of nitrogens with zero attached hydrogens (tertiary/aromatic N) is 2. The highest BCUT2D eigenvalue weighted by Crippen LogP contribution is 2.36. The second kappa shape index (κ2) is 5.83. The lowest BCUT2D eigenvalue weighted by atomic mass is 10.0. The molecule has 0 N–H and O–H groups in total. The van der Waals surface area contributed by atoms with Crippen molar-refractivity contribution in [2.45, 2.75) is 31.6 Å². The lowest BCUT2D eigenvalue weighted by molar-refractivity contribution is -0.0582. The van der Waals surface area contributed by atoms with Gasteiger partial charge < -0.3 is 4.84 Å². The van der Waals surface area contributed by atoms with E-state index >= 15 is 0 Å². The number of thiazole rings is 1. The van der Waals surface area contributed by atoms with E-state index in [0.717, 1.165) is 31.4 Å². The first-order valence-corrected chi connectivity index (χ1v) is 8.68. The van der Waals surface area contributed by atoms with Gasteiger partial charge in [-0.1, -0.05) is 30.0 Å². The van der Waals surface area contributed by atoms with Gasteiger partial charge in [-0.15, -0.1) is 11.3 Å². The van der Waals surface area contributed by atoms with E-state index in [-0.39, 0.29) is 17.0 Å². The van der Waals surface area contributed by atoms with Crippen LogP contribution in [0, 0.1) is 0 Å². The molecular weight excluding hydrogens is 328 g/mol. The summed E-state index contributed by atoms with van der Waals surface area (Å²) in [5.74, 6) is -1.68. The highest BCUT2D eigenvalue weighted by molar-refractivity contribution is 7.11. The average molecular weight is 342 g/mol. The third kappa shape index (κ3) is 2.32. The maximum absolute atomic E-state index is 12.5. The Bertz CT molecular complexity index is 804. The van der Waals surface area contributed by atoms with Gasteiger partial charge in [-0.25, -0.2) is 9.78 Å². The van der Waals surface area contributed by atoms with Gasteiger partial charge in [0.15, 0.2) is 0 Å². The zero-order chi connectivity index (χ0) is 16.7. The monoisotopic (exact) mass is 342 g/mol. The summed E-state index contributed by atoms with van der Waals surface area (Å²) in [5.41, 5.74) is 2.82. The molecule has 1 aromatic heterocycles. The zero-order valence-electron chi connectivity index (χ0n) is 12.7. The van der Waals surface area contributed by atoms with E-state index in [0.29, 0.717) is 9.94 Å². The van der Waals surface area contributed by atoms with Crippen molar-refractivity contribution in [1.82, 2.24) is 10.0 Å². The summed E-state index contributed by atoms with van der Waals surface area (Å²) in [6, 6.07) is 6.41. The quantitative estimate of drug-likeness (QED) is 0.801. The Labute approximate surface area is 142 Å². The molecule has 0 spiro atoms. The van der Waals surface area contributed by atoms with Crippen LogP contribution < -0.4 is 0 Å². The summed E-state index contributed by atoms with van der Waals surface area (Å²) in [6.45, 7) is 0. The van der Waals surface area contributed by atoms with Crippen LogP contribution in [0.5, 0.6) is 0 Å². The van der Waals surface area contributed by atoms with Gasteiger partial charge in [0.05, 0.1) is 22.3 Å². The van der Waals surface area contributed by atoms with Gasteiger partial charge in [0.25, 0.3) is 11.8 Å². The van der Waals surface area contributed by atoms with Crippen LogP contribution in [0.4, 0.5) is 0 Å². The first-order chi connectivity index (χ1) is 11.7. The Hall–Kier alpha value is -2.54. The van der Waals surface area contributed by atoms with Crippen LogP contribution in [-0.4, -0.2) is 27.8 Å². The van der Waals surface area contributed by atoms with Crippen molar-refractivity contribution >= 4 is 29.1 Å². The number of carbonyl (C=O) groups is 3. The molecule has 0 radical (unpaired) electrons. The van der Waals surface area contributed by atoms with Crippen LogP contribution in [0.15, 0.2) is 29.8 Å². The fourth-order valence-corrected chi connectivity index (χ4v) is 4.02. The second-order valence-corrected chi connectivity index (χ2v) is 6.73. The van der Waals surface area contributed by atoms with Crippen LogP contribution in [0.1, 0.15) is 67.7 Å². The Morgan fingerprint density at radius 3 is 2.38 bits per heavy atom. The summed E-state index contributed by atoms with van der Waals surface area (Å²) in [4.78, 5) is 46.8. The van der Waals surface area contributed by atoms with Gasteiger partial charge in [-0.05, 0) is 25.0 Å². The molecule has 1 fully saturated rings. The lowest BCUT2D eigenvalue weighted by Crippen LogP contribution is -2.32. The Morgan fingerprint density at radius 2 is 1.75 bits per heavy atom. The number of aromatic nitrogens is 1. The van der Waals surface area contributed by atoms with Crippen molar-refractivity contribution in [3.8, 4) is 0 Å². The van der Waals surface area contributed by atoms with Crippen molar-refractivity contribution in [3.63, 3.8) is 0 Å². The van der Waals surface area contributed by atoms with Crippen molar-refractivity contribution in [2.75, 3.05) is 0 Å². The van der Waals surface area contributed by atoms with Gasteiger partial charge in [0.2, 0.25) is 0 Å². The summed E-state index contributed by atoms with van der Waals surface area (Å²) in [5, 5.41) is 0.547. The minimum absolute atomic E-state index is 0.246. The molecule has 2 heterocycles. The van der Waals surface area contributed by atoms with Crippen molar-refractivity contribution in [2.24, 2.45) is 0 Å². The number of benzene rings is 1. The third-order valence-corrected chi connectivity index (χ3v) is 5.28. The van der Waals surface area contributed by atoms with E-state index < -0.39 is 17.8 Å². The molecule has 1 aliphatic heterocycles. The van der Waals surface area contributed by atoms with Crippen LogP contribution in [0.2, 0.25) is 0 Å². The maximum Gasteiger partial charge on any atom is 0.375 e. The van der Waals surface area contributed by atoms with Crippen molar-refractivity contribution < 1.29 is 19.2 Å². The van der Waals surface area contributed by atoms with E-state index in [1.807, 2.05) is 0 Å². The molecule has 2 aliphatic rings. The normalized spacial score (nSPS) is 17.4. The van der Waals surface area contributed by atoms with E-state index in [2.05, 4.69) is 4.98 Å². The second-order valence-electron chi connectivity index (χ2n) is 5.88. The molecule has 2 amide bonds. The summed E-state index contributed by atoms with van der Waals surface area (Å²) >= 11 is 1.18. The van der Waals surface area contributed by atoms with Crippen molar-refractivity contribution in [1.29, 1.82) is 0 Å². The van der Waals surface area contributed by atoms with Gasteiger partial charge in [-0.2, -0.15) is 0 Å². The van der Waals surface area contributed by atoms with Crippen LogP contribution >= 0.6 is 11.3 Å². The smallest absolute Gasteiger partial charge is 0.323 e. The SMILES string of the molecule is O=C(ON1C(=O)c2ccccc2C1=O)c1scnc1C1CCCC1. The third-order valence-electron chi connectivity index (χ3n) is 4.45. The fraction of sp³-hybridized carbons (Fsp3) is 0.294. The van der Waals surface area contributed by atoms with Crippen molar-refractivity contribution in [3.05, 3.63) is 51.5 Å². The van der Waals surface area contributed by atoms with Gasteiger partial charge in [-0.3, -0.25) is 9.59 Å². The number of imide groups is 1. The number of hydrogen-bond donors (Lipinski definition) is 0. The molecule has 24 heavy (non-hydrogen) atoms. The molecule has 6 nitrogen and oxygen atoms in total. The molecule has 0 bridgehead atoms. The molecule has 2 aromatic rings. The summed E-state index contributed by atoms with van der Waals surface area (Å²) in [7, 11) is 0. The molecule has 4 rings (SSSR count). The molecule has 1 aliphatic carbocycles. The first-order valence-electron chi connectivity index (χ1n) is 7.80. The summed E-state index contributed by atoms with van der Waals surface area (Å²) in [6.07, 6.45) is 4.23. The molecule has 0 saturated heterocycles. The fourth-order valence-electron chi connectivity index (χ4n) is 3.27. The minimum Gasteiger partial charge on any atom is -0.323 e. The van der Waals surface area contributed by atoms with Crippen LogP contribution in [-0.2, 0) is 4.84 Å². The number of rotatable bonds is 3. The Morgan fingerprint density at radius 1 is 1.12 bits per heavy atom. The molecular formula is C17H14N2O4S. The maximum atomic E-state index is 12.5. The molecule has 0 unspecified atom stereocenters. The number of hydroxylamine groups is 2. The van der Waals surface area contributed by atoms with E-state index in [9.17, 15) is 14.4 Å². The van der Waals surface area contributed by atoms with E-state index in [1.165, 1.54) is 11.3 Å². The number of fused-ring (bicyclic) bond motifs is 1. The van der Waals surface area contributed by atoms with Crippen LogP contribution in [0.25, 0.3) is 0 Å². The van der Waals surface area contributed by atoms with Crippen LogP contribution in [0.3, 0.4) is 0 Å². The van der Waals surface area contributed by atoms with E-state index in [1.54, 1.807) is 29.8 Å². The molecule has 1 saturated carbocycles. The Kier molecular flexibility index (Phi) is 3.65. The zero-order valence-corrected chi connectivity index (χ0v) is 13.5. The minimum atomic E-state index is -0.700. The molecule has 0 atom stereocenters. The molecule has 7 heteroatoms. The topological polar surface area (TPSA) is 76.6 Å². The first kappa shape index (κ1) is 15.0. The Balaban J connectivity index is 1.57. The largest absolute Gasteiger partial charge is 0.375 e. The highest BCUT2D eigenvalue weighted by atomic mass is 32.1. The molecule has 1 aromatic carbocycles. The summed E-state index contributed by atoms with van der Waals surface area (Å²) < 4.78 is 0. The predicted molar refractivity (Wildman–Crippen MR) is 85.7 cm³/mol. The van der Waals surface area contributed by atoms with Gasteiger partial charge in [0, 0.05) is 5.92 Å². The predicted octanol–water partition coefficient (Wildman–Crippen LogP) is 3.17. The highest BCUT2D eigenvalue weighted by Gasteiger charge is 2.39.